The number of phosphoric ester groups is 1. The van der Waals surface area contributed by atoms with Crippen LogP contribution in [0.4, 0.5) is 0 Å². The first-order valence-corrected chi connectivity index (χ1v) is 8.81. The molecule has 2 heterocycles. The van der Waals surface area contributed by atoms with Crippen LogP contribution in [0.3, 0.4) is 0 Å². The number of aromatic nitrogens is 2. The largest absolute Gasteiger partial charge is 0.469 e. The maximum absolute atomic E-state index is 11.9. The van der Waals surface area contributed by atoms with E-state index in [1.54, 1.807) is 0 Å². The standard InChI is InChI=1S/C11H14BrN2O8P/c12-2-1-6-4-14(11(17)13-10(6)16)9-3-7(15)8(22-9)5-21-23(18,19)20/h1-2,4,7-9,15H,3,5H2,(H,13,16,17)(H2,18,19,20)/b2-1+/t7?,8-,9-/m0/s1. The summed E-state index contributed by atoms with van der Waals surface area (Å²) in [5.74, 6) is 0. The van der Waals surface area contributed by atoms with E-state index < -0.39 is 44.1 Å². The summed E-state index contributed by atoms with van der Waals surface area (Å²) < 4.78 is 21.5. The molecule has 0 saturated carbocycles. The molecule has 1 aliphatic rings. The van der Waals surface area contributed by atoms with Gasteiger partial charge in [-0.15, -0.1) is 0 Å². The van der Waals surface area contributed by atoms with Gasteiger partial charge in [0.1, 0.15) is 12.3 Å². The van der Waals surface area contributed by atoms with E-state index in [1.165, 1.54) is 17.3 Å². The summed E-state index contributed by atoms with van der Waals surface area (Å²) in [7, 11) is -4.69. The number of halogens is 1. The molecule has 0 aromatic carbocycles. The van der Waals surface area contributed by atoms with Gasteiger partial charge in [0.25, 0.3) is 5.56 Å². The fourth-order valence-corrected chi connectivity index (χ4v) is 2.73. The highest BCUT2D eigenvalue weighted by Gasteiger charge is 2.37. The summed E-state index contributed by atoms with van der Waals surface area (Å²) in [6, 6.07) is 0. The highest BCUT2D eigenvalue weighted by molar-refractivity contribution is 9.11. The molecule has 23 heavy (non-hydrogen) atoms. The number of aliphatic hydroxyl groups excluding tert-OH is 1. The predicted octanol–water partition coefficient (Wildman–Crippen LogP) is -0.340. The van der Waals surface area contributed by atoms with Gasteiger partial charge >= 0.3 is 13.5 Å². The molecule has 3 atom stereocenters. The van der Waals surface area contributed by atoms with Crippen LogP contribution in [0.15, 0.2) is 20.8 Å². The molecular formula is C11H14BrN2O8P. The molecule has 1 aromatic heterocycles. The molecule has 1 fully saturated rings. The van der Waals surface area contributed by atoms with Crippen molar-refractivity contribution in [1.82, 2.24) is 9.55 Å². The average Bonchev–Trinajstić information content (AvgIpc) is 2.80. The summed E-state index contributed by atoms with van der Waals surface area (Å²) in [6.45, 7) is -0.534. The van der Waals surface area contributed by atoms with Gasteiger partial charge in [-0.3, -0.25) is 18.9 Å². The van der Waals surface area contributed by atoms with Crippen molar-refractivity contribution < 1.29 is 28.7 Å². The molecule has 1 aliphatic heterocycles. The smallest absolute Gasteiger partial charge is 0.390 e. The lowest BCUT2D eigenvalue weighted by atomic mass is 10.2. The third-order valence-electron chi connectivity index (χ3n) is 3.16. The van der Waals surface area contributed by atoms with Gasteiger partial charge in [0.15, 0.2) is 0 Å². The van der Waals surface area contributed by atoms with E-state index in [1.807, 2.05) is 0 Å². The Morgan fingerprint density at radius 3 is 2.83 bits per heavy atom. The highest BCUT2D eigenvalue weighted by atomic mass is 79.9. The van der Waals surface area contributed by atoms with E-state index in [2.05, 4.69) is 25.4 Å². The van der Waals surface area contributed by atoms with Gasteiger partial charge in [0, 0.05) is 12.6 Å². The van der Waals surface area contributed by atoms with Crippen LogP contribution >= 0.6 is 23.8 Å². The number of phosphoric acid groups is 1. The first-order chi connectivity index (χ1) is 10.7. The maximum atomic E-state index is 11.9. The molecule has 128 valence electrons. The van der Waals surface area contributed by atoms with Crippen molar-refractivity contribution in [2.75, 3.05) is 6.61 Å². The molecule has 2 rings (SSSR count). The molecule has 0 spiro atoms. The van der Waals surface area contributed by atoms with Crippen LogP contribution < -0.4 is 11.2 Å². The third kappa shape index (κ3) is 4.70. The molecule has 12 heteroatoms. The lowest BCUT2D eigenvalue weighted by Crippen LogP contribution is -2.33. The molecule has 0 bridgehead atoms. The van der Waals surface area contributed by atoms with Crippen molar-refractivity contribution in [3.8, 4) is 0 Å². The quantitative estimate of drug-likeness (QED) is 0.479. The van der Waals surface area contributed by atoms with E-state index in [0.29, 0.717) is 0 Å². The molecule has 4 N–H and O–H groups in total. The molecule has 0 radical (unpaired) electrons. The summed E-state index contributed by atoms with van der Waals surface area (Å²) in [6.07, 6.45) is -0.306. The molecular weight excluding hydrogens is 399 g/mol. The summed E-state index contributed by atoms with van der Waals surface area (Å²) in [5.41, 5.74) is -1.12. The molecule has 0 aliphatic carbocycles. The first-order valence-electron chi connectivity index (χ1n) is 6.37. The monoisotopic (exact) mass is 412 g/mol. The summed E-state index contributed by atoms with van der Waals surface area (Å²) in [5, 5.41) is 9.87. The van der Waals surface area contributed by atoms with Crippen LogP contribution in [0.25, 0.3) is 6.08 Å². The number of aromatic amines is 1. The van der Waals surface area contributed by atoms with E-state index in [9.17, 15) is 19.3 Å². The van der Waals surface area contributed by atoms with Crippen molar-refractivity contribution in [2.24, 2.45) is 0 Å². The van der Waals surface area contributed by atoms with Crippen LogP contribution in [0, 0.1) is 0 Å². The van der Waals surface area contributed by atoms with Crippen molar-refractivity contribution in [2.45, 2.75) is 24.9 Å². The van der Waals surface area contributed by atoms with E-state index >= 15 is 0 Å². The number of nitrogens with zero attached hydrogens (tertiary/aromatic N) is 1. The minimum atomic E-state index is -4.69. The maximum Gasteiger partial charge on any atom is 0.469 e. The minimum absolute atomic E-state index is 0.00139. The number of H-pyrrole nitrogens is 1. The highest BCUT2D eigenvalue weighted by Crippen LogP contribution is 2.38. The van der Waals surface area contributed by atoms with Crippen LogP contribution in [-0.4, -0.2) is 43.3 Å². The SMILES string of the molecule is O=c1[nH]c(=O)n([C@@H]2CC(O)[C@H](COP(=O)(O)O)O2)cc1/C=C/Br. The Hall–Kier alpha value is -1.07. The molecule has 1 aromatic rings. The van der Waals surface area contributed by atoms with Gasteiger partial charge in [-0.1, -0.05) is 15.9 Å². The van der Waals surface area contributed by atoms with Crippen LogP contribution in [0.5, 0.6) is 0 Å². The van der Waals surface area contributed by atoms with Crippen LogP contribution in [0.2, 0.25) is 0 Å². The minimum Gasteiger partial charge on any atom is -0.390 e. The summed E-state index contributed by atoms with van der Waals surface area (Å²) >= 11 is 3.02. The second kappa shape index (κ2) is 7.22. The Labute approximate surface area is 137 Å². The number of hydrogen-bond donors (Lipinski definition) is 4. The van der Waals surface area contributed by atoms with Crippen molar-refractivity contribution in [3.05, 3.63) is 37.6 Å². The lowest BCUT2D eigenvalue weighted by Gasteiger charge is -2.16. The topological polar surface area (TPSA) is 151 Å². The lowest BCUT2D eigenvalue weighted by molar-refractivity contribution is -0.0451. The van der Waals surface area contributed by atoms with E-state index in [4.69, 9.17) is 14.5 Å². The molecule has 1 unspecified atom stereocenters. The van der Waals surface area contributed by atoms with Gasteiger partial charge in [-0.05, 0) is 11.1 Å². The number of aliphatic hydroxyl groups is 1. The van der Waals surface area contributed by atoms with Gasteiger partial charge in [-0.2, -0.15) is 0 Å². The van der Waals surface area contributed by atoms with Gasteiger partial charge < -0.3 is 19.6 Å². The van der Waals surface area contributed by atoms with E-state index in [-0.39, 0.29) is 12.0 Å². The van der Waals surface area contributed by atoms with Crippen LogP contribution in [-0.2, 0) is 13.8 Å². The number of rotatable bonds is 5. The van der Waals surface area contributed by atoms with Crippen molar-refractivity contribution in [3.63, 3.8) is 0 Å². The Kier molecular flexibility index (Phi) is 5.74. The van der Waals surface area contributed by atoms with Crippen LogP contribution in [0.1, 0.15) is 18.2 Å². The number of nitrogens with one attached hydrogen (secondary N) is 1. The van der Waals surface area contributed by atoms with Crippen molar-refractivity contribution in [1.29, 1.82) is 0 Å². The van der Waals surface area contributed by atoms with Gasteiger partial charge in [0.05, 0.1) is 18.3 Å². The van der Waals surface area contributed by atoms with Gasteiger partial charge in [-0.25, -0.2) is 9.36 Å². The third-order valence-corrected chi connectivity index (χ3v) is 3.91. The summed E-state index contributed by atoms with van der Waals surface area (Å²) in [4.78, 5) is 44.3. The zero-order chi connectivity index (χ0) is 17.2. The second-order valence-corrected chi connectivity index (χ2v) is 6.53. The Morgan fingerprint density at radius 2 is 2.22 bits per heavy atom. The first kappa shape index (κ1) is 18.3. The zero-order valence-corrected chi connectivity index (χ0v) is 14.0. The Bertz CT molecular complexity index is 753. The Balaban J connectivity index is 2.20. The Morgan fingerprint density at radius 1 is 1.52 bits per heavy atom. The molecule has 1 saturated heterocycles. The molecule has 0 amide bonds. The normalized spacial score (nSPS) is 25.3. The average molecular weight is 413 g/mol. The zero-order valence-electron chi connectivity index (χ0n) is 11.5. The van der Waals surface area contributed by atoms with Gasteiger partial charge in [0.2, 0.25) is 0 Å². The predicted molar refractivity (Wildman–Crippen MR) is 81.8 cm³/mol. The molecule has 10 nitrogen and oxygen atoms in total. The number of hydrogen-bond acceptors (Lipinski definition) is 6. The second-order valence-electron chi connectivity index (χ2n) is 4.76. The van der Waals surface area contributed by atoms with E-state index in [0.717, 1.165) is 4.57 Å². The fraction of sp³-hybridized carbons (Fsp3) is 0.455. The fourth-order valence-electron chi connectivity index (χ4n) is 2.11. The van der Waals surface area contributed by atoms with Crippen molar-refractivity contribution >= 4 is 29.8 Å². The number of ether oxygens (including phenoxy) is 1.